The molecule has 0 saturated heterocycles. The number of rotatable bonds is 6. The Morgan fingerprint density at radius 3 is 2.12 bits per heavy atom. The highest BCUT2D eigenvalue weighted by Crippen LogP contribution is 2.24. The zero-order valence-corrected chi connectivity index (χ0v) is 15.6. The minimum atomic E-state index is -3.55. The third kappa shape index (κ3) is 5.23. The average molecular weight is 368 g/mol. The van der Waals surface area contributed by atoms with Crippen LogP contribution in [0.4, 0.5) is 0 Å². The molecule has 0 heterocycles. The van der Waals surface area contributed by atoms with E-state index in [1.54, 1.807) is 12.1 Å². The first kappa shape index (κ1) is 18.8. The molecule has 4 nitrogen and oxygen atoms in total. The van der Waals surface area contributed by atoms with Crippen molar-refractivity contribution in [3.63, 3.8) is 0 Å². The smallest absolute Gasteiger partial charge is 0.240 e. The van der Waals surface area contributed by atoms with E-state index in [1.165, 1.54) is 17.7 Å². The summed E-state index contributed by atoms with van der Waals surface area (Å²) in [5.41, 5.74) is 1.31. The summed E-state index contributed by atoms with van der Waals surface area (Å²) >= 11 is 5.76. The van der Waals surface area contributed by atoms with Crippen molar-refractivity contribution >= 4 is 21.6 Å². The number of sulfonamides is 1. The number of nitrogens with one attached hydrogen (secondary N) is 1. The van der Waals surface area contributed by atoms with Crippen LogP contribution >= 0.6 is 11.6 Å². The van der Waals surface area contributed by atoms with Crippen molar-refractivity contribution in [1.82, 2.24) is 4.72 Å². The van der Waals surface area contributed by atoms with Crippen LogP contribution < -0.4 is 9.46 Å². The number of benzene rings is 2. The fourth-order valence-electron chi connectivity index (χ4n) is 2.09. The van der Waals surface area contributed by atoms with Crippen LogP contribution in [0.25, 0.3) is 0 Å². The Morgan fingerprint density at radius 1 is 1.00 bits per heavy atom. The zero-order chi connectivity index (χ0) is 17.8. The predicted octanol–water partition coefficient (Wildman–Crippen LogP) is 3.99. The van der Waals surface area contributed by atoms with Gasteiger partial charge in [-0.05, 0) is 47.4 Å². The molecule has 2 rings (SSSR count). The van der Waals surface area contributed by atoms with Crippen molar-refractivity contribution < 1.29 is 13.2 Å². The zero-order valence-electron chi connectivity index (χ0n) is 14.0. The quantitative estimate of drug-likeness (QED) is 0.785. The molecule has 0 fully saturated rings. The number of halogens is 1. The third-order valence-electron chi connectivity index (χ3n) is 3.51. The average Bonchev–Trinajstić information content (AvgIpc) is 2.52. The van der Waals surface area contributed by atoms with Crippen molar-refractivity contribution in [1.29, 1.82) is 0 Å². The van der Waals surface area contributed by atoms with Gasteiger partial charge in [-0.1, -0.05) is 44.5 Å². The van der Waals surface area contributed by atoms with Gasteiger partial charge < -0.3 is 4.74 Å². The highest BCUT2D eigenvalue weighted by molar-refractivity contribution is 7.89. The summed E-state index contributed by atoms with van der Waals surface area (Å²) in [4.78, 5) is 0.182. The standard InChI is InChI=1S/C18H22ClNO3S/c1-18(2,3)14-4-8-16(9-5-14)23-13-12-20-24(21,22)17-10-6-15(19)7-11-17/h4-11,20H,12-13H2,1-3H3. The Morgan fingerprint density at radius 2 is 1.58 bits per heavy atom. The van der Waals surface area contributed by atoms with Gasteiger partial charge in [0.25, 0.3) is 0 Å². The van der Waals surface area contributed by atoms with Crippen LogP contribution in [0.2, 0.25) is 5.02 Å². The SMILES string of the molecule is CC(C)(C)c1ccc(OCCNS(=O)(=O)c2ccc(Cl)cc2)cc1. The lowest BCUT2D eigenvalue weighted by Crippen LogP contribution is -2.28. The van der Waals surface area contributed by atoms with Crippen LogP contribution in [-0.2, 0) is 15.4 Å². The fraction of sp³-hybridized carbons (Fsp3) is 0.333. The largest absolute Gasteiger partial charge is 0.492 e. The minimum absolute atomic E-state index is 0.0900. The van der Waals surface area contributed by atoms with E-state index in [9.17, 15) is 8.42 Å². The topological polar surface area (TPSA) is 55.4 Å². The normalized spacial score (nSPS) is 12.2. The number of ether oxygens (including phenoxy) is 1. The van der Waals surface area contributed by atoms with Gasteiger partial charge in [0.1, 0.15) is 12.4 Å². The Kier molecular flexibility index (Phi) is 5.91. The van der Waals surface area contributed by atoms with Gasteiger partial charge in [0.05, 0.1) is 4.90 Å². The maximum Gasteiger partial charge on any atom is 0.240 e. The molecule has 0 radical (unpaired) electrons. The van der Waals surface area contributed by atoms with E-state index in [2.05, 4.69) is 25.5 Å². The Labute approximate surface area is 148 Å². The molecular formula is C18H22ClNO3S. The molecule has 0 aliphatic rings. The molecule has 0 amide bonds. The molecule has 0 unspecified atom stereocenters. The lowest BCUT2D eigenvalue weighted by molar-refractivity contribution is 0.322. The molecule has 6 heteroatoms. The van der Waals surface area contributed by atoms with Crippen LogP contribution in [0.15, 0.2) is 53.4 Å². The monoisotopic (exact) mass is 367 g/mol. The Bertz CT molecular complexity index is 763. The second kappa shape index (κ2) is 7.55. The molecule has 0 saturated carbocycles. The van der Waals surface area contributed by atoms with Gasteiger partial charge in [0.15, 0.2) is 0 Å². The third-order valence-corrected chi connectivity index (χ3v) is 5.24. The minimum Gasteiger partial charge on any atom is -0.492 e. The summed E-state index contributed by atoms with van der Waals surface area (Å²) in [5, 5.41) is 0.496. The molecule has 0 atom stereocenters. The van der Waals surface area contributed by atoms with Crippen LogP contribution in [0, 0.1) is 0 Å². The lowest BCUT2D eigenvalue weighted by atomic mass is 9.87. The van der Waals surface area contributed by atoms with Gasteiger partial charge in [-0.3, -0.25) is 0 Å². The molecule has 0 spiro atoms. The molecule has 2 aromatic rings. The summed E-state index contributed by atoms with van der Waals surface area (Å²) in [6.45, 7) is 6.88. The van der Waals surface area contributed by atoms with Crippen LogP contribution in [0.5, 0.6) is 5.75 Å². The molecule has 0 bridgehead atoms. The van der Waals surface area contributed by atoms with Crippen molar-refractivity contribution in [2.24, 2.45) is 0 Å². The van der Waals surface area contributed by atoms with E-state index in [1.807, 2.05) is 24.3 Å². The van der Waals surface area contributed by atoms with Crippen LogP contribution in [0.1, 0.15) is 26.3 Å². The van der Waals surface area contributed by atoms with Crippen molar-refractivity contribution in [3.05, 3.63) is 59.1 Å². The first-order chi connectivity index (χ1) is 11.2. The van der Waals surface area contributed by atoms with E-state index in [-0.39, 0.29) is 23.5 Å². The summed E-state index contributed by atoms with van der Waals surface area (Å²) in [6.07, 6.45) is 0. The molecule has 0 aliphatic carbocycles. The van der Waals surface area contributed by atoms with Crippen molar-refractivity contribution in [2.45, 2.75) is 31.1 Å². The highest BCUT2D eigenvalue weighted by Gasteiger charge is 2.14. The summed E-state index contributed by atoms with van der Waals surface area (Å²) < 4.78 is 32.3. The summed E-state index contributed by atoms with van der Waals surface area (Å²) in [7, 11) is -3.55. The van der Waals surface area contributed by atoms with E-state index >= 15 is 0 Å². The maximum atomic E-state index is 12.1. The van der Waals surface area contributed by atoms with Crippen LogP contribution in [0.3, 0.4) is 0 Å². The second-order valence-corrected chi connectivity index (χ2v) is 8.68. The van der Waals surface area contributed by atoms with E-state index in [0.29, 0.717) is 10.8 Å². The Balaban J connectivity index is 1.85. The van der Waals surface area contributed by atoms with E-state index < -0.39 is 10.0 Å². The molecule has 0 aromatic heterocycles. The van der Waals surface area contributed by atoms with E-state index in [0.717, 1.165) is 0 Å². The highest BCUT2D eigenvalue weighted by atomic mass is 35.5. The molecular weight excluding hydrogens is 346 g/mol. The second-order valence-electron chi connectivity index (χ2n) is 6.47. The van der Waals surface area contributed by atoms with Gasteiger partial charge in [0.2, 0.25) is 10.0 Å². The van der Waals surface area contributed by atoms with E-state index in [4.69, 9.17) is 16.3 Å². The van der Waals surface area contributed by atoms with Gasteiger partial charge in [-0.15, -0.1) is 0 Å². The van der Waals surface area contributed by atoms with Gasteiger partial charge >= 0.3 is 0 Å². The van der Waals surface area contributed by atoms with Gasteiger partial charge in [-0.25, -0.2) is 13.1 Å². The van der Waals surface area contributed by atoms with Crippen molar-refractivity contribution in [2.75, 3.05) is 13.2 Å². The Hall–Kier alpha value is -1.56. The molecule has 0 aliphatic heterocycles. The molecule has 24 heavy (non-hydrogen) atoms. The van der Waals surface area contributed by atoms with Crippen molar-refractivity contribution in [3.8, 4) is 5.75 Å². The predicted molar refractivity (Wildman–Crippen MR) is 97.3 cm³/mol. The molecule has 2 aromatic carbocycles. The molecule has 130 valence electrons. The fourth-order valence-corrected chi connectivity index (χ4v) is 3.23. The van der Waals surface area contributed by atoms with Gasteiger partial charge in [-0.2, -0.15) is 0 Å². The number of hydrogen-bond acceptors (Lipinski definition) is 3. The molecule has 1 N–H and O–H groups in total. The first-order valence-electron chi connectivity index (χ1n) is 7.67. The maximum absolute atomic E-state index is 12.1. The lowest BCUT2D eigenvalue weighted by Gasteiger charge is -2.19. The van der Waals surface area contributed by atoms with Crippen LogP contribution in [-0.4, -0.2) is 21.6 Å². The number of hydrogen-bond donors (Lipinski definition) is 1. The summed E-state index contributed by atoms with van der Waals surface area (Å²) in [6, 6.07) is 13.9. The summed E-state index contributed by atoms with van der Waals surface area (Å²) in [5.74, 6) is 0.716. The first-order valence-corrected chi connectivity index (χ1v) is 9.53. The van der Waals surface area contributed by atoms with Gasteiger partial charge in [0, 0.05) is 11.6 Å².